The standard InChI is InChI=1S/C13H23N5/c1-10(9-18-5-3-4-6-18)8-15-13-7-12(14)16-11(2)17-13/h7,10H,3-6,8-9H2,1-2H3,(H3,14,15,16,17). The summed E-state index contributed by atoms with van der Waals surface area (Å²) in [4.78, 5) is 10.9. The molecule has 1 aromatic heterocycles. The number of nitrogens with zero attached hydrogens (tertiary/aromatic N) is 3. The van der Waals surface area contributed by atoms with Crippen molar-refractivity contribution in [3.63, 3.8) is 0 Å². The van der Waals surface area contributed by atoms with Gasteiger partial charge in [-0.3, -0.25) is 0 Å². The highest BCUT2D eigenvalue weighted by Gasteiger charge is 2.14. The normalized spacial score (nSPS) is 17.9. The molecule has 1 unspecified atom stereocenters. The Labute approximate surface area is 109 Å². The first-order chi connectivity index (χ1) is 8.63. The maximum Gasteiger partial charge on any atom is 0.131 e. The number of nitrogens with one attached hydrogen (secondary N) is 1. The third-order valence-electron chi connectivity index (χ3n) is 3.26. The van der Waals surface area contributed by atoms with E-state index in [-0.39, 0.29) is 0 Å². The van der Waals surface area contributed by atoms with Gasteiger partial charge in [0, 0.05) is 19.2 Å². The van der Waals surface area contributed by atoms with Gasteiger partial charge >= 0.3 is 0 Å². The van der Waals surface area contributed by atoms with Crippen molar-refractivity contribution in [2.75, 3.05) is 37.2 Å². The lowest BCUT2D eigenvalue weighted by Crippen LogP contribution is -2.29. The summed E-state index contributed by atoms with van der Waals surface area (Å²) in [6.45, 7) is 8.71. The first-order valence-corrected chi connectivity index (χ1v) is 6.71. The van der Waals surface area contributed by atoms with Crippen LogP contribution in [0.1, 0.15) is 25.6 Å². The van der Waals surface area contributed by atoms with Crippen molar-refractivity contribution < 1.29 is 0 Å². The molecule has 1 saturated heterocycles. The lowest BCUT2D eigenvalue weighted by molar-refractivity contribution is 0.294. The number of anilines is 2. The van der Waals surface area contributed by atoms with E-state index in [4.69, 9.17) is 5.73 Å². The summed E-state index contributed by atoms with van der Waals surface area (Å²) >= 11 is 0. The van der Waals surface area contributed by atoms with Gasteiger partial charge in [0.05, 0.1) is 0 Å². The zero-order chi connectivity index (χ0) is 13.0. The molecule has 1 aromatic rings. The van der Waals surface area contributed by atoms with E-state index in [0.717, 1.165) is 18.9 Å². The second-order valence-electron chi connectivity index (χ2n) is 5.22. The number of nitrogens with two attached hydrogens (primary N) is 1. The average Bonchev–Trinajstić information content (AvgIpc) is 2.78. The van der Waals surface area contributed by atoms with Crippen LogP contribution in [0, 0.1) is 12.8 Å². The molecule has 1 fully saturated rings. The first-order valence-electron chi connectivity index (χ1n) is 6.71. The fourth-order valence-corrected chi connectivity index (χ4v) is 2.43. The Morgan fingerprint density at radius 1 is 1.39 bits per heavy atom. The molecule has 0 spiro atoms. The molecule has 0 radical (unpaired) electrons. The number of likely N-dealkylation sites (tertiary alicyclic amines) is 1. The topological polar surface area (TPSA) is 67.1 Å². The summed E-state index contributed by atoms with van der Waals surface area (Å²) in [6, 6.07) is 1.79. The zero-order valence-electron chi connectivity index (χ0n) is 11.3. The summed E-state index contributed by atoms with van der Waals surface area (Å²) in [5.41, 5.74) is 5.70. The maximum atomic E-state index is 5.70. The Bertz CT molecular complexity index is 367. The molecular weight excluding hydrogens is 226 g/mol. The van der Waals surface area contributed by atoms with Gasteiger partial charge in [0.1, 0.15) is 17.5 Å². The van der Waals surface area contributed by atoms with Crippen molar-refractivity contribution in [3.8, 4) is 0 Å². The van der Waals surface area contributed by atoms with Gasteiger partial charge in [0.25, 0.3) is 0 Å². The number of hydrogen-bond donors (Lipinski definition) is 2. The molecule has 5 heteroatoms. The molecule has 18 heavy (non-hydrogen) atoms. The molecule has 2 heterocycles. The number of aryl methyl sites for hydroxylation is 1. The number of rotatable bonds is 5. The summed E-state index contributed by atoms with van der Waals surface area (Å²) in [6.07, 6.45) is 2.70. The van der Waals surface area contributed by atoms with Crippen molar-refractivity contribution >= 4 is 11.6 Å². The van der Waals surface area contributed by atoms with Gasteiger partial charge in [-0.1, -0.05) is 6.92 Å². The third-order valence-corrected chi connectivity index (χ3v) is 3.26. The van der Waals surface area contributed by atoms with Crippen LogP contribution in [0.15, 0.2) is 6.07 Å². The lowest BCUT2D eigenvalue weighted by atomic mass is 10.1. The van der Waals surface area contributed by atoms with Crippen LogP contribution < -0.4 is 11.1 Å². The maximum absolute atomic E-state index is 5.70. The van der Waals surface area contributed by atoms with Crippen LogP contribution in [0.5, 0.6) is 0 Å². The van der Waals surface area contributed by atoms with Crippen LogP contribution in [0.4, 0.5) is 11.6 Å². The number of hydrogen-bond acceptors (Lipinski definition) is 5. The van der Waals surface area contributed by atoms with Gasteiger partial charge in [-0.25, -0.2) is 9.97 Å². The predicted molar refractivity (Wildman–Crippen MR) is 74.5 cm³/mol. The molecule has 0 saturated carbocycles. The highest BCUT2D eigenvalue weighted by Crippen LogP contribution is 2.12. The Kier molecular flexibility index (Phi) is 4.36. The highest BCUT2D eigenvalue weighted by atomic mass is 15.1. The molecule has 5 nitrogen and oxygen atoms in total. The van der Waals surface area contributed by atoms with Crippen molar-refractivity contribution in [3.05, 3.63) is 11.9 Å². The molecule has 1 aliphatic heterocycles. The van der Waals surface area contributed by atoms with Gasteiger partial charge in [0.15, 0.2) is 0 Å². The van der Waals surface area contributed by atoms with Crippen LogP contribution in [0.25, 0.3) is 0 Å². The summed E-state index contributed by atoms with van der Waals surface area (Å²) in [7, 11) is 0. The van der Waals surface area contributed by atoms with Gasteiger partial charge < -0.3 is 16.0 Å². The minimum Gasteiger partial charge on any atom is -0.384 e. The van der Waals surface area contributed by atoms with Gasteiger partial charge in [-0.15, -0.1) is 0 Å². The molecule has 0 amide bonds. The smallest absolute Gasteiger partial charge is 0.131 e. The van der Waals surface area contributed by atoms with Crippen molar-refractivity contribution in [2.24, 2.45) is 5.92 Å². The van der Waals surface area contributed by atoms with E-state index in [1.54, 1.807) is 6.07 Å². The predicted octanol–water partition coefficient (Wildman–Crippen LogP) is 1.51. The quantitative estimate of drug-likeness (QED) is 0.828. The van der Waals surface area contributed by atoms with Crippen LogP contribution in [-0.2, 0) is 0 Å². The van der Waals surface area contributed by atoms with Crippen LogP contribution in [0.2, 0.25) is 0 Å². The first kappa shape index (κ1) is 13.1. The summed E-state index contributed by atoms with van der Waals surface area (Å²) in [5, 5.41) is 3.34. The van der Waals surface area contributed by atoms with Crippen molar-refractivity contribution in [1.29, 1.82) is 0 Å². The second kappa shape index (κ2) is 6.00. The molecule has 3 N–H and O–H groups in total. The molecule has 0 bridgehead atoms. The highest BCUT2D eigenvalue weighted by molar-refractivity contribution is 5.44. The molecular formula is C13H23N5. The third kappa shape index (κ3) is 3.84. The molecule has 0 aromatic carbocycles. The molecule has 100 valence electrons. The van der Waals surface area contributed by atoms with Crippen LogP contribution >= 0.6 is 0 Å². The number of aromatic nitrogens is 2. The van der Waals surface area contributed by atoms with E-state index in [9.17, 15) is 0 Å². The lowest BCUT2D eigenvalue weighted by Gasteiger charge is -2.20. The molecule has 0 aliphatic carbocycles. The van der Waals surface area contributed by atoms with Gasteiger partial charge in [0.2, 0.25) is 0 Å². The molecule has 1 atom stereocenters. The Balaban J connectivity index is 1.79. The van der Waals surface area contributed by atoms with Crippen LogP contribution in [0.3, 0.4) is 0 Å². The van der Waals surface area contributed by atoms with E-state index in [0.29, 0.717) is 17.6 Å². The fraction of sp³-hybridized carbons (Fsp3) is 0.692. The average molecular weight is 249 g/mol. The largest absolute Gasteiger partial charge is 0.384 e. The van der Waals surface area contributed by atoms with Gasteiger partial charge in [-0.2, -0.15) is 0 Å². The van der Waals surface area contributed by atoms with Crippen molar-refractivity contribution in [1.82, 2.24) is 14.9 Å². The Morgan fingerprint density at radius 2 is 2.11 bits per heavy atom. The van der Waals surface area contributed by atoms with E-state index in [1.165, 1.54) is 25.9 Å². The van der Waals surface area contributed by atoms with E-state index >= 15 is 0 Å². The van der Waals surface area contributed by atoms with E-state index in [1.807, 2.05) is 6.92 Å². The zero-order valence-corrected chi connectivity index (χ0v) is 11.3. The van der Waals surface area contributed by atoms with Crippen molar-refractivity contribution in [2.45, 2.75) is 26.7 Å². The minimum atomic E-state index is 0.525. The van der Waals surface area contributed by atoms with Gasteiger partial charge in [-0.05, 0) is 38.8 Å². The molecule has 2 rings (SSSR count). The van der Waals surface area contributed by atoms with E-state index in [2.05, 4.69) is 27.1 Å². The molecule has 1 aliphatic rings. The Morgan fingerprint density at radius 3 is 2.78 bits per heavy atom. The minimum absolute atomic E-state index is 0.525. The number of nitrogen functional groups attached to an aromatic ring is 1. The van der Waals surface area contributed by atoms with E-state index < -0.39 is 0 Å². The SMILES string of the molecule is Cc1nc(N)cc(NCC(C)CN2CCCC2)n1. The monoisotopic (exact) mass is 249 g/mol. The second-order valence-corrected chi connectivity index (χ2v) is 5.22. The Hall–Kier alpha value is -1.36. The fourth-order valence-electron chi connectivity index (χ4n) is 2.43. The summed E-state index contributed by atoms with van der Waals surface area (Å²) in [5.74, 6) is 2.68. The summed E-state index contributed by atoms with van der Waals surface area (Å²) < 4.78 is 0. The van der Waals surface area contributed by atoms with Crippen LogP contribution in [-0.4, -0.2) is 41.0 Å².